The van der Waals surface area contributed by atoms with E-state index in [-0.39, 0.29) is 0 Å². The summed E-state index contributed by atoms with van der Waals surface area (Å²) in [6.07, 6.45) is 5.45. The van der Waals surface area contributed by atoms with E-state index >= 15 is 0 Å². The summed E-state index contributed by atoms with van der Waals surface area (Å²) in [5.74, 6) is 0. The second kappa shape index (κ2) is 7.09. The molecule has 1 aromatic rings. The minimum Gasteiger partial charge on any atom is -0.452 e. The molecule has 0 aliphatic rings. The van der Waals surface area contributed by atoms with Gasteiger partial charge in [-0.15, -0.1) is 0 Å². The number of carbonyl (C=O) groups is 1. The van der Waals surface area contributed by atoms with Gasteiger partial charge in [-0.25, -0.2) is 10.2 Å². The summed E-state index contributed by atoms with van der Waals surface area (Å²) in [6.45, 7) is 6.26. The lowest BCUT2D eigenvalue weighted by Gasteiger charge is -2.12. The Kier molecular flexibility index (Phi) is 5.75. The van der Waals surface area contributed by atoms with Crippen LogP contribution in [-0.2, 0) is 11.2 Å². The fourth-order valence-corrected chi connectivity index (χ4v) is 2.02. The van der Waals surface area contributed by atoms with Crippen LogP contribution in [-0.4, -0.2) is 17.9 Å². The lowest BCUT2D eigenvalue weighted by atomic mass is 10.1. The predicted molar refractivity (Wildman–Crippen MR) is 73.5 cm³/mol. The highest BCUT2D eigenvalue weighted by Gasteiger charge is 2.11. The van der Waals surface area contributed by atoms with Crippen LogP contribution in [0.15, 0.2) is 6.07 Å². The largest absolute Gasteiger partial charge is 0.452 e. The molecule has 0 unspecified atom stereocenters. The van der Waals surface area contributed by atoms with Crippen molar-refractivity contribution in [2.75, 3.05) is 12.5 Å². The summed E-state index contributed by atoms with van der Waals surface area (Å²) >= 11 is 0. The van der Waals surface area contributed by atoms with Crippen LogP contribution in [0, 0.1) is 13.8 Å². The van der Waals surface area contributed by atoms with Crippen LogP contribution in [0.4, 0.5) is 4.79 Å². The number of carbonyl (C=O) groups excluding carboxylic acids is 1. The maximum absolute atomic E-state index is 11.3. The third kappa shape index (κ3) is 3.79. The zero-order valence-electron chi connectivity index (χ0n) is 11.9. The Labute approximate surface area is 109 Å². The smallest absolute Gasteiger partial charge is 0.426 e. The molecule has 0 fully saturated rings. The number of aryl methyl sites for hydroxylation is 2. The highest BCUT2D eigenvalue weighted by molar-refractivity contribution is 5.75. The topological polar surface area (TPSA) is 43.3 Å². The number of amides is 1. The summed E-state index contributed by atoms with van der Waals surface area (Å²) < 4.78 is 6.49. The molecule has 4 heteroatoms. The highest BCUT2D eigenvalue weighted by atomic mass is 16.5. The Bertz CT molecular complexity index is 397. The minimum absolute atomic E-state index is 0.427. The van der Waals surface area contributed by atoms with Crippen LogP contribution in [0.3, 0.4) is 0 Å². The number of ether oxygens (including phenoxy) is 1. The Hall–Kier alpha value is -1.45. The van der Waals surface area contributed by atoms with Gasteiger partial charge in [-0.3, -0.25) is 4.68 Å². The molecular formula is C14H24N2O2. The standard InChI is InChI=1S/C14H24N2O2/c1-5-6-7-8-9-13-10-11(2)12(3)16(13)15-14(17)18-4/h10H,5-9H2,1-4H3,(H,15,17). The summed E-state index contributed by atoms with van der Waals surface area (Å²) in [4.78, 5) is 11.3. The maximum Gasteiger partial charge on any atom is 0.426 e. The van der Waals surface area contributed by atoms with E-state index in [1.165, 1.54) is 31.9 Å². The summed E-state index contributed by atoms with van der Waals surface area (Å²) in [5, 5.41) is 0. The molecule has 0 aliphatic carbocycles. The quantitative estimate of drug-likeness (QED) is 0.787. The molecule has 1 N–H and O–H groups in total. The summed E-state index contributed by atoms with van der Waals surface area (Å²) in [5.41, 5.74) is 6.14. The number of aromatic nitrogens is 1. The molecule has 0 radical (unpaired) electrons. The zero-order valence-corrected chi connectivity index (χ0v) is 11.9. The number of hydrogen-bond acceptors (Lipinski definition) is 2. The highest BCUT2D eigenvalue weighted by Crippen LogP contribution is 2.16. The Morgan fingerprint density at radius 3 is 2.67 bits per heavy atom. The van der Waals surface area contributed by atoms with Gasteiger partial charge >= 0.3 is 6.09 Å². The van der Waals surface area contributed by atoms with Gasteiger partial charge in [0.15, 0.2) is 0 Å². The van der Waals surface area contributed by atoms with Gasteiger partial charge in [0, 0.05) is 11.4 Å². The normalized spacial score (nSPS) is 10.4. The molecule has 18 heavy (non-hydrogen) atoms. The third-order valence-electron chi connectivity index (χ3n) is 3.25. The number of nitrogens with one attached hydrogen (secondary N) is 1. The van der Waals surface area contributed by atoms with Crippen molar-refractivity contribution in [3.63, 3.8) is 0 Å². The molecule has 1 rings (SSSR count). The first kappa shape index (κ1) is 14.6. The second-order valence-corrected chi connectivity index (χ2v) is 4.65. The van der Waals surface area contributed by atoms with Crippen molar-refractivity contribution in [1.82, 2.24) is 4.68 Å². The lowest BCUT2D eigenvalue weighted by Crippen LogP contribution is -2.25. The van der Waals surface area contributed by atoms with Crippen molar-refractivity contribution >= 4 is 6.09 Å². The van der Waals surface area contributed by atoms with Crippen LogP contribution in [0.5, 0.6) is 0 Å². The van der Waals surface area contributed by atoms with E-state index in [1.807, 2.05) is 11.6 Å². The molecule has 0 aromatic carbocycles. The average molecular weight is 252 g/mol. The summed E-state index contributed by atoms with van der Waals surface area (Å²) in [7, 11) is 1.38. The first-order chi connectivity index (χ1) is 8.60. The monoisotopic (exact) mass is 252 g/mol. The number of methoxy groups -OCH3 is 1. The van der Waals surface area contributed by atoms with Crippen molar-refractivity contribution in [3.8, 4) is 0 Å². The van der Waals surface area contributed by atoms with Gasteiger partial charge < -0.3 is 4.74 Å². The Morgan fingerprint density at radius 2 is 2.06 bits per heavy atom. The van der Waals surface area contributed by atoms with Gasteiger partial charge in [0.2, 0.25) is 0 Å². The Morgan fingerprint density at radius 1 is 1.33 bits per heavy atom. The van der Waals surface area contributed by atoms with Crippen molar-refractivity contribution in [1.29, 1.82) is 0 Å². The van der Waals surface area contributed by atoms with Crippen molar-refractivity contribution in [3.05, 3.63) is 23.0 Å². The van der Waals surface area contributed by atoms with E-state index in [4.69, 9.17) is 0 Å². The van der Waals surface area contributed by atoms with Gasteiger partial charge in [0.25, 0.3) is 0 Å². The van der Waals surface area contributed by atoms with E-state index in [2.05, 4.69) is 30.1 Å². The molecule has 4 nitrogen and oxygen atoms in total. The second-order valence-electron chi connectivity index (χ2n) is 4.65. The molecule has 1 heterocycles. The molecule has 0 spiro atoms. The number of rotatable bonds is 6. The fourth-order valence-electron chi connectivity index (χ4n) is 2.02. The fraction of sp³-hybridized carbons (Fsp3) is 0.643. The molecule has 102 valence electrons. The van der Waals surface area contributed by atoms with Gasteiger partial charge in [-0.1, -0.05) is 26.2 Å². The van der Waals surface area contributed by atoms with E-state index in [0.717, 1.165) is 24.2 Å². The average Bonchev–Trinajstić information content (AvgIpc) is 2.62. The number of hydrogen-bond donors (Lipinski definition) is 1. The van der Waals surface area contributed by atoms with Crippen molar-refractivity contribution < 1.29 is 9.53 Å². The molecule has 0 bridgehead atoms. The number of nitrogens with zero attached hydrogens (tertiary/aromatic N) is 1. The third-order valence-corrected chi connectivity index (χ3v) is 3.25. The van der Waals surface area contributed by atoms with Crippen LogP contribution in [0.25, 0.3) is 0 Å². The number of unbranched alkanes of at least 4 members (excludes halogenated alkanes) is 3. The molecule has 0 aliphatic heterocycles. The van der Waals surface area contributed by atoms with Crippen LogP contribution in [0.1, 0.15) is 49.6 Å². The maximum atomic E-state index is 11.3. The molecule has 0 saturated carbocycles. The SMILES string of the molecule is CCCCCCc1cc(C)c(C)n1NC(=O)OC. The van der Waals surface area contributed by atoms with Crippen LogP contribution in [0.2, 0.25) is 0 Å². The molecule has 0 saturated heterocycles. The van der Waals surface area contributed by atoms with Gasteiger partial charge in [-0.05, 0) is 38.3 Å². The van der Waals surface area contributed by atoms with E-state index in [0.29, 0.717) is 0 Å². The molecule has 1 aromatic heterocycles. The van der Waals surface area contributed by atoms with E-state index in [1.54, 1.807) is 0 Å². The van der Waals surface area contributed by atoms with Gasteiger partial charge in [0.05, 0.1) is 7.11 Å². The molecule has 1 amide bonds. The van der Waals surface area contributed by atoms with Crippen molar-refractivity contribution in [2.45, 2.75) is 52.9 Å². The first-order valence-corrected chi connectivity index (χ1v) is 6.63. The molecule has 0 atom stereocenters. The zero-order chi connectivity index (χ0) is 13.5. The van der Waals surface area contributed by atoms with E-state index < -0.39 is 6.09 Å². The predicted octanol–water partition coefficient (Wildman–Crippen LogP) is 3.54. The Balaban J connectivity index is 2.70. The van der Waals surface area contributed by atoms with E-state index in [9.17, 15) is 4.79 Å². The molecular weight excluding hydrogens is 228 g/mol. The van der Waals surface area contributed by atoms with Gasteiger partial charge in [0.1, 0.15) is 0 Å². The van der Waals surface area contributed by atoms with Gasteiger partial charge in [-0.2, -0.15) is 0 Å². The van der Waals surface area contributed by atoms with Crippen molar-refractivity contribution in [2.24, 2.45) is 0 Å². The summed E-state index contributed by atoms with van der Waals surface area (Å²) in [6, 6.07) is 2.14. The lowest BCUT2D eigenvalue weighted by molar-refractivity contribution is 0.183. The van der Waals surface area contributed by atoms with Crippen LogP contribution < -0.4 is 5.43 Å². The van der Waals surface area contributed by atoms with Crippen LogP contribution >= 0.6 is 0 Å². The minimum atomic E-state index is -0.427. The first-order valence-electron chi connectivity index (χ1n) is 6.63.